The summed E-state index contributed by atoms with van der Waals surface area (Å²) < 4.78 is 10.4. The van der Waals surface area contributed by atoms with Crippen LogP contribution in [0.2, 0.25) is 0 Å². The van der Waals surface area contributed by atoms with Crippen molar-refractivity contribution in [1.82, 2.24) is 0 Å². The van der Waals surface area contributed by atoms with Crippen LogP contribution in [0.15, 0.2) is 42.5 Å². The fraction of sp³-hybridized carbons (Fsp3) is 0.263. The molecule has 0 spiro atoms. The van der Waals surface area contributed by atoms with Gasteiger partial charge in [-0.2, -0.15) is 0 Å². The average Bonchev–Trinajstić information content (AvgIpc) is 2.61. The molecule has 1 N–H and O–H groups in total. The first kappa shape index (κ1) is 18.3. The number of anilines is 1. The molecule has 25 heavy (non-hydrogen) atoms. The van der Waals surface area contributed by atoms with Crippen LogP contribution in [0.1, 0.15) is 15.9 Å². The summed E-state index contributed by atoms with van der Waals surface area (Å²) >= 11 is 0. The summed E-state index contributed by atoms with van der Waals surface area (Å²) in [6, 6.07) is 11.9. The number of nitrogens with zero attached hydrogens (tertiary/aromatic N) is 1. The van der Waals surface area contributed by atoms with Gasteiger partial charge in [-0.3, -0.25) is 4.79 Å². The fourth-order valence-electron chi connectivity index (χ4n) is 2.61. The molecule has 6 nitrogen and oxygen atoms in total. The van der Waals surface area contributed by atoms with Gasteiger partial charge in [0.25, 0.3) is 0 Å². The van der Waals surface area contributed by atoms with Crippen LogP contribution >= 0.6 is 0 Å². The lowest BCUT2D eigenvalue weighted by Gasteiger charge is -2.20. The number of carbonyl (C=O) groups excluding carboxylic acids is 1. The number of hydrogen-bond donors (Lipinski definition) is 1. The van der Waals surface area contributed by atoms with Crippen molar-refractivity contribution in [3.63, 3.8) is 0 Å². The molecule has 0 saturated carbocycles. The summed E-state index contributed by atoms with van der Waals surface area (Å²) in [4.78, 5) is 25.3. The Labute approximate surface area is 146 Å². The zero-order valence-electron chi connectivity index (χ0n) is 14.5. The van der Waals surface area contributed by atoms with Crippen LogP contribution in [0.5, 0.6) is 11.5 Å². The standard InChI is InChI=1S/C19H21NO5/c1-20(16-7-5-4-6-15(16)19(22)23)12-14(21)10-13-8-9-17(24-2)18(11-13)25-3/h4-9,11H,10,12H2,1-3H3,(H,22,23). The molecule has 6 heteroatoms. The number of carboxylic acid groups (broad SMARTS) is 1. The number of rotatable bonds is 8. The lowest BCUT2D eigenvalue weighted by Crippen LogP contribution is -2.28. The molecule has 0 bridgehead atoms. The van der Waals surface area contributed by atoms with Crippen LogP contribution in [0.3, 0.4) is 0 Å². The molecule has 0 unspecified atom stereocenters. The SMILES string of the molecule is COc1ccc(CC(=O)CN(C)c2ccccc2C(=O)O)cc1OC. The van der Waals surface area contributed by atoms with Gasteiger partial charge in [-0.05, 0) is 29.8 Å². The van der Waals surface area contributed by atoms with E-state index in [1.165, 1.54) is 6.07 Å². The van der Waals surface area contributed by atoms with Gasteiger partial charge >= 0.3 is 5.97 Å². The first-order valence-corrected chi connectivity index (χ1v) is 7.72. The minimum atomic E-state index is -1.02. The van der Waals surface area contributed by atoms with Crippen molar-refractivity contribution in [3.8, 4) is 11.5 Å². The molecule has 2 aromatic carbocycles. The Kier molecular flexibility index (Phi) is 6.00. The molecule has 0 amide bonds. The maximum atomic E-state index is 12.4. The van der Waals surface area contributed by atoms with Crippen molar-refractivity contribution in [2.75, 3.05) is 32.7 Å². The van der Waals surface area contributed by atoms with Crippen LogP contribution in [0, 0.1) is 0 Å². The third kappa shape index (κ3) is 4.50. The topological polar surface area (TPSA) is 76.1 Å². The smallest absolute Gasteiger partial charge is 0.337 e. The number of carbonyl (C=O) groups is 2. The van der Waals surface area contributed by atoms with E-state index in [2.05, 4.69) is 0 Å². The number of hydrogen-bond acceptors (Lipinski definition) is 5. The minimum Gasteiger partial charge on any atom is -0.493 e. The predicted octanol–water partition coefficient (Wildman–Crippen LogP) is 2.65. The Morgan fingerprint density at radius 2 is 1.72 bits per heavy atom. The number of methoxy groups -OCH3 is 2. The number of Topliss-reactive ketones (excluding diaryl/α,β-unsaturated/α-hetero) is 1. The van der Waals surface area contributed by atoms with E-state index in [0.29, 0.717) is 17.2 Å². The van der Waals surface area contributed by atoms with Gasteiger partial charge in [0.1, 0.15) is 0 Å². The van der Waals surface area contributed by atoms with Gasteiger partial charge in [-0.25, -0.2) is 4.79 Å². The van der Waals surface area contributed by atoms with Gasteiger partial charge in [0.05, 0.1) is 32.0 Å². The minimum absolute atomic E-state index is 0.0325. The number of ketones is 1. The predicted molar refractivity (Wildman–Crippen MR) is 94.9 cm³/mol. The fourth-order valence-corrected chi connectivity index (χ4v) is 2.61. The Bertz CT molecular complexity index is 772. The van der Waals surface area contributed by atoms with E-state index in [1.807, 2.05) is 6.07 Å². The van der Waals surface area contributed by atoms with Gasteiger partial charge < -0.3 is 19.5 Å². The average molecular weight is 343 g/mol. The van der Waals surface area contributed by atoms with Crippen LogP contribution < -0.4 is 14.4 Å². The van der Waals surface area contributed by atoms with Gasteiger partial charge in [-0.1, -0.05) is 18.2 Å². The number of carboxylic acids is 1. The second kappa shape index (κ2) is 8.19. The number of aromatic carboxylic acids is 1. The summed E-state index contributed by atoms with van der Waals surface area (Å²) in [6.45, 7) is 0.110. The quantitative estimate of drug-likeness (QED) is 0.794. The number of likely N-dealkylation sites (N-methyl/N-ethyl adjacent to an activating group) is 1. The molecule has 132 valence electrons. The maximum absolute atomic E-state index is 12.4. The highest BCUT2D eigenvalue weighted by molar-refractivity contribution is 5.95. The van der Waals surface area contributed by atoms with E-state index in [4.69, 9.17) is 9.47 Å². The van der Waals surface area contributed by atoms with Crippen LogP contribution in [-0.2, 0) is 11.2 Å². The summed E-state index contributed by atoms with van der Waals surface area (Å²) in [6.07, 6.45) is 0.222. The largest absolute Gasteiger partial charge is 0.493 e. The molecule has 0 fully saturated rings. The molecule has 0 aliphatic rings. The number of ether oxygens (including phenoxy) is 2. The summed E-state index contributed by atoms with van der Waals surface area (Å²) in [5.41, 5.74) is 1.49. The van der Waals surface area contributed by atoms with Crippen LogP contribution in [-0.4, -0.2) is 44.7 Å². The van der Waals surface area contributed by atoms with E-state index in [9.17, 15) is 14.7 Å². The third-order valence-electron chi connectivity index (χ3n) is 3.81. The molecule has 0 saturated heterocycles. The monoisotopic (exact) mass is 343 g/mol. The molecule has 2 aromatic rings. The van der Waals surface area contributed by atoms with Crippen molar-refractivity contribution in [3.05, 3.63) is 53.6 Å². The molecule has 0 radical (unpaired) electrons. The summed E-state index contributed by atoms with van der Waals surface area (Å²) in [7, 11) is 4.80. The van der Waals surface area contributed by atoms with Gasteiger partial charge in [0.2, 0.25) is 0 Å². The molecular formula is C19H21NO5. The zero-order valence-corrected chi connectivity index (χ0v) is 14.5. The van der Waals surface area contributed by atoms with E-state index in [0.717, 1.165) is 5.56 Å². The molecule has 0 heterocycles. The highest BCUT2D eigenvalue weighted by Gasteiger charge is 2.16. The van der Waals surface area contributed by atoms with E-state index in [-0.39, 0.29) is 24.3 Å². The van der Waals surface area contributed by atoms with Gasteiger partial charge in [0, 0.05) is 13.5 Å². The first-order chi connectivity index (χ1) is 12.0. The Morgan fingerprint density at radius 3 is 2.36 bits per heavy atom. The van der Waals surface area contributed by atoms with Gasteiger partial charge in [-0.15, -0.1) is 0 Å². The van der Waals surface area contributed by atoms with Crippen LogP contribution in [0.4, 0.5) is 5.69 Å². The molecule has 0 aromatic heterocycles. The zero-order chi connectivity index (χ0) is 18.4. The van der Waals surface area contributed by atoms with Crippen molar-refractivity contribution in [2.24, 2.45) is 0 Å². The molecular weight excluding hydrogens is 322 g/mol. The van der Waals surface area contributed by atoms with Crippen molar-refractivity contribution >= 4 is 17.4 Å². The van der Waals surface area contributed by atoms with E-state index < -0.39 is 5.97 Å². The molecule has 0 aliphatic heterocycles. The van der Waals surface area contributed by atoms with E-state index >= 15 is 0 Å². The number of para-hydroxylation sites is 1. The highest BCUT2D eigenvalue weighted by Crippen LogP contribution is 2.28. The molecule has 2 rings (SSSR count). The Morgan fingerprint density at radius 1 is 1.04 bits per heavy atom. The summed E-state index contributed by atoms with van der Waals surface area (Å²) in [5, 5.41) is 9.25. The maximum Gasteiger partial charge on any atom is 0.337 e. The van der Waals surface area contributed by atoms with Crippen molar-refractivity contribution < 1.29 is 24.2 Å². The first-order valence-electron chi connectivity index (χ1n) is 7.72. The van der Waals surface area contributed by atoms with Crippen LogP contribution in [0.25, 0.3) is 0 Å². The molecule has 0 aliphatic carbocycles. The van der Waals surface area contributed by atoms with Crippen molar-refractivity contribution in [2.45, 2.75) is 6.42 Å². The Balaban J connectivity index is 2.09. The van der Waals surface area contributed by atoms with Crippen molar-refractivity contribution in [1.29, 1.82) is 0 Å². The highest BCUT2D eigenvalue weighted by atomic mass is 16.5. The normalized spacial score (nSPS) is 10.2. The Hall–Kier alpha value is -3.02. The second-order valence-corrected chi connectivity index (χ2v) is 5.58. The lowest BCUT2D eigenvalue weighted by molar-refractivity contribution is -0.117. The third-order valence-corrected chi connectivity index (χ3v) is 3.81. The summed E-state index contributed by atoms with van der Waals surface area (Å²) in [5.74, 6) is 0.119. The lowest BCUT2D eigenvalue weighted by atomic mass is 10.1. The second-order valence-electron chi connectivity index (χ2n) is 5.58. The van der Waals surface area contributed by atoms with E-state index in [1.54, 1.807) is 56.5 Å². The van der Waals surface area contributed by atoms with Gasteiger partial charge in [0.15, 0.2) is 17.3 Å². The molecule has 0 atom stereocenters. The number of benzene rings is 2.